The standard InChI is InChI=1S/C16H18N4O3S/c1-9(2)14(22)18-11-4-6-12(7-5-11)19-15(23)13-8-24-16(20-13)17-10(3)21/h4-9H,1-3H3,(H,18,22)(H,19,23)(H,17,20,21). The van der Waals surface area contributed by atoms with E-state index in [9.17, 15) is 14.4 Å². The number of nitrogens with zero attached hydrogens (tertiary/aromatic N) is 1. The number of anilines is 3. The molecule has 0 bridgehead atoms. The maximum absolute atomic E-state index is 12.1. The third-order valence-electron chi connectivity index (χ3n) is 2.95. The van der Waals surface area contributed by atoms with Gasteiger partial charge in [-0.3, -0.25) is 14.4 Å². The Labute approximate surface area is 143 Å². The molecule has 0 aliphatic carbocycles. The lowest BCUT2D eigenvalue weighted by molar-refractivity contribution is -0.119. The highest BCUT2D eigenvalue weighted by molar-refractivity contribution is 7.14. The number of rotatable bonds is 5. The number of nitrogens with one attached hydrogen (secondary N) is 3. The van der Waals surface area contributed by atoms with Crippen LogP contribution < -0.4 is 16.0 Å². The Morgan fingerprint density at radius 2 is 1.58 bits per heavy atom. The van der Waals surface area contributed by atoms with Crippen molar-refractivity contribution < 1.29 is 14.4 Å². The summed E-state index contributed by atoms with van der Waals surface area (Å²) in [5, 5.41) is 9.95. The molecule has 0 fully saturated rings. The Bertz CT molecular complexity index is 753. The van der Waals surface area contributed by atoms with Crippen molar-refractivity contribution in [2.24, 2.45) is 5.92 Å². The van der Waals surface area contributed by atoms with Gasteiger partial charge in [-0.2, -0.15) is 0 Å². The first kappa shape index (κ1) is 17.6. The highest BCUT2D eigenvalue weighted by Gasteiger charge is 2.12. The maximum atomic E-state index is 12.1. The molecule has 24 heavy (non-hydrogen) atoms. The lowest BCUT2D eigenvalue weighted by Crippen LogP contribution is -2.17. The molecular weight excluding hydrogens is 328 g/mol. The monoisotopic (exact) mass is 346 g/mol. The van der Waals surface area contributed by atoms with Crippen molar-refractivity contribution in [1.82, 2.24) is 4.98 Å². The van der Waals surface area contributed by atoms with E-state index in [4.69, 9.17) is 0 Å². The fraction of sp³-hybridized carbons (Fsp3) is 0.250. The second-order valence-corrected chi connectivity index (χ2v) is 6.25. The number of amides is 3. The molecule has 1 aromatic carbocycles. The van der Waals surface area contributed by atoms with Gasteiger partial charge in [0.2, 0.25) is 11.8 Å². The summed E-state index contributed by atoms with van der Waals surface area (Å²) in [4.78, 5) is 38.7. The van der Waals surface area contributed by atoms with Crippen LogP contribution in [0.3, 0.4) is 0 Å². The van der Waals surface area contributed by atoms with Crippen LogP contribution >= 0.6 is 11.3 Å². The minimum absolute atomic E-state index is 0.0697. The Kier molecular flexibility index (Phi) is 5.64. The predicted octanol–water partition coefficient (Wildman–Crippen LogP) is 2.95. The summed E-state index contributed by atoms with van der Waals surface area (Å²) < 4.78 is 0. The van der Waals surface area contributed by atoms with E-state index in [0.29, 0.717) is 16.5 Å². The molecule has 2 rings (SSSR count). The Balaban J connectivity index is 1.98. The van der Waals surface area contributed by atoms with Crippen LogP contribution in [0.4, 0.5) is 16.5 Å². The lowest BCUT2D eigenvalue weighted by Gasteiger charge is -2.09. The minimum Gasteiger partial charge on any atom is -0.326 e. The summed E-state index contributed by atoms with van der Waals surface area (Å²) in [7, 11) is 0. The molecule has 0 unspecified atom stereocenters. The van der Waals surface area contributed by atoms with Crippen molar-refractivity contribution in [3.63, 3.8) is 0 Å². The first-order chi connectivity index (χ1) is 11.3. The van der Waals surface area contributed by atoms with Crippen molar-refractivity contribution in [2.45, 2.75) is 20.8 Å². The van der Waals surface area contributed by atoms with Crippen LogP contribution in [-0.4, -0.2) is 22.7 Å². The summed E-state index contributed by atoms with van der Waals surface area (Å²) in [6, 6.07) is 6.79. The number of hydrogen-bond donors (Lipinski definition) is 3. The highest BCUT2D eigenvalue weighted by Crippen LogP contribution is 2.18. The predicted molar refractivity (Wildman–Crippen MR) is 94.3 cm³/mol. The third kappa shape index (κ3) is 4.88. The van der Waals surface area contributed by atoms with Crippen molar-refractivity contribution in [2.75, 3.05) is 16.0 Å². The van der Waals surface area contributed by atoms with E-state index < -0.39 is 0 Å². The van der Waals surface area contributed by atoms with Gasteiger partial charge in [-0.05, 0) is 24.3 Å². The molecule has 0 aliphatic rings. The number of carbonyl (C=O) groups is 3. The normalized spacial score (nSPS) is 10.3. The van der Waals surface area contributed by atoms with E-state index in [-0.39, 0.29) is 29.3 Å². The molecule has 3 amide bonds. The highest BCUT2D eigenvalue weighted by atomic mass is 32.1. The molecule has 1 heterocycles. The smallest absolute Gasteiger partial charge is 0.275 e. The molecular formula is C16H18N4O3S. The largest absolute Gasteiger partial charge is 0.326 e. The fourth-order valence-electron chi connectivity index (χ4n) is 1.70. The number of hydrogen-bond acceptors (Lipinski definition) is 5. The summed E-state index contributed by atoms with van der Waals surface area (Å²) in [6.45, 7) is 5.00. The van der Waals surface area contributed by atoms with Gasteiger partial charge in [-0.15, -0.1) is 11.3 Å². The van der Waals surface area contributed by atoms with Gasteiger partial charge in [0.05, 0.1) is 0 Å². The average Bonchev–Trinajstić information content (AvgIpc) is 2.97. The van der Waals surface area contributed by atoms with Gasteiger partial charge in [0, 0.05) is 29.6 Å². The van der Waals surface area contributed by atoms with E-state index in [2.05, 4.69) is 20.9 Å². The molecule has 8 heteroatoms. The molecule has 3 N–H and O–H groups in total. The summed E-state index contributed by atoms with van der Waals surface area (Å²) >= 11 is 1.18. The first-order valence-corrected chi connectivity index (χ1v) is 8.18. The third-order valence-corrected chi connectivity index (χ3v) is 3.71. The average molecular weight is 346 g/mol. The fourth-order valence-corrected chi connectivity index (χ4v) is 2.44. The van der Waals surface area contributed by atoms with E-state index >= 15 is 0 Å². The van der Waals surface area contributed by atoms with E-state index in [0.717, 1.165) is 0 Å². The lowest BCUT2D eigenvalue weighted by atomic mass is 10.2. The molecule has 2 aromatic rings. The van der Waals surface area contributed by atoms with Crippen molar-refractivity contribution in [1.29, 1.82) is 0 Å². The van der Waals surface area contributed by atoms with Crippen LogP contribution in [0.25, 0.3) is 0 Å². The second-order valence-electron chi connectivity index (χ2n) is 5.39. The number of aromatic nitrogens is 1. The second kappa shape index (κ2) is 7.69. The van der Waals surface area contributed by atoms with Crippen LogP contribution in [0.1, 0.15) is 31.3 Å². The molecule has 0 atom stereocenters. The molecule has 1 aromatic heterocycles. The van der Waals surface area contributed by atoms with Crippen LogP contribution in [0.5, 0.6) is 0 Å². The number of benzene rings is 1. The van der Waals surface area contributed by atoms with E-state index in [1.54, 1.807) is 29.6 Å². The van der Waals surface area contributed by atoms with Crippen molar-refractivity contribution in [3.8, 4) is 0 Å². The van der Waals surface area contributed by atoms with Gasteiger partial charge in [0.25, 0.3) is 5.91 Å². The van der Waals surface area contributed by atoms with E-state index in [1.165, 1.54) is 18.3 Å². The first-order valence-electron chi connectivity index (χ1n) is 7.30. The zero-order valence-corrected chi connectivity index (χ0v) is 14.4. The van der Waals surface area contributed by atoms with Crippen LogP contribution in [0, 0.1) is 5.92 Å². The molecule has 7 nitrogen and oxygen atoms in total. The molecule has 0 saturated heterocycles. The summed E-state index contributed by atoms with van der Waals surface area (Å²) in [5.41, 5.74) is 1.46. The molecule has 0 saturated carbocycles. The van der Waals surface area contributed by atoms with Gasteiger partial charge >= 0.3 is 0 Å². The SMILES string of the molecule is CC(=O)Nc1nc(C(=O)Nc2ccc(NC(=O)C(C)C)cc2)cs1. The van der Waals surface area contributed by atoms with Crippen molar-refractivity contribution in [3.05, 3.63) is 35.3 Å². The van der Waals surface area contributed by atoms with Gasteiger partial charge in [0.1, 0.15) is 5.69 Å². The van der Waals surface area contributed by atoms with Gasteiger partial charge in [0.15, 0.2) is 5.13 Å². The Morgan fingerprint density at radius 1 is 1.00 bits per heavy atom. The quantitative estimate of drug-likeness (QED) is 0.775. The Morgan fingerprint density at radius 3 is 2.12 bits per heavy atom. The summed E-state index contributed by atoms with van der Waals surface area (Å²) in [6.07, 6.45) is 0. The minimum atomic E-state index is -0.373. The molecule has 0 radical (unpaired) electrons. The van der Waals surface area contributed by atoms with Crippen LogP contribution in [-0.2, 0) is 9.59 Å². The van der Waals surface area contributed by atoms with Gasteiger partial charge in [-0.1, -0.05) is 13.8 Å². The van der Waals surface area contributed by atoms with E-state index in [1.807, 2.05) is 13.8 Å². The maximum Gasteiger partial charge on any atom is 0.275 e. The zero-order chi connectivity index (χ0) is 17.7. The number of thiazole rings is 1. The van der Waals surface area contributed by atoms with Crippen LogP contribution in [0.2, 0.25) is 0 Å². The molecule has 0 aliphatic heterocycles. The molecule has 126 valence electrons. The topological polar surface area (TPSA) is 100 Å². The zero-order valence-electron chi connectivity index (χ0n) is 13.5. The van der Waals surface area contributed by atoms with Crippen molar-refractivity contribution >= 4 is 45.6 Å². The molecule has 0 spiro atoms. The Hall–Kier alpha value is -2.74. The van der Waals surface area contributed by atoms with Crippen LogP contribution in [0.15, 0.2) is 29.6 Å². The van der Waals surface area contributed by atoms with Gasteiger partial charge < -0.3 is 16.0 Å². The summed E-state index contributed by atoms with van der Waals surface area (Å²) in [5.74, 6) is -0.788. The van der Waals surface area contributed by atoms with Gasteiger partial charge in [-0.25, -0.2) is 4.98 Å². The number of carbonyl (C=O) groups excluding carboxylic acids is 3.